The molecular weight excluding hydrogens is 201 g/mol. The Balaban J connectivity index is 2.59. The van der Waals surface area contributed by atoms with Gasteiger partial charge in [0.1, 0.15) is 5.82 Å². The summed E-state index contributed by atoms with van der Waals surface area (Å²) in [6, 6.07) is 9.86. The first-order valence-electron chi connectivity index (χ1n) is 4.38. The van der Waals surface area contributed by atoms with Crippen LogP contribution in [0.2, 0.25) is 0 Å². The standard InChI is InChI=1S/C12H7F3/c13-10-7-12(15)11(14)6-9(10)8-4-2-1-3-5-8/h1-7H. The van der Waals surface area contributed by atoms with Crippen molar-refractivity contribution in [3.63, 3.8) is 0 Å². The Hall–Kier alpha value is -1.77. The van der Waals surface area contributed by atoms with Crippen LogP contribution in [0.3, 0.4) is 0 Å². The van der Waals surface area contributed by atoms with E-state index in [1.54, 1.807) is 30.3 Å². The molecule has 0 fully saturated rings. The van der Waals surface area contributed by atoms with Gasteiger partial charge >= 0.3 is 0 Å². The van der Waals surface area contributed by atoms with E-state index in [0.29, 0.717) is 11.6 Å². The lowest BCUT2D eigenvalue weighted by atomic mass is 10.1. The van der Waals surface area contributed by atoms with Crippen LogP contribution in [0.1, 0.15) is 0 Å². The highest BCUT2D eigenvalue weighted by Gasteiger charge is 2.10. The van der Waals surface area contributed by atoms with Crippen LogP contribution >= 0.6 is 0 Å². The zero-order valence-corrected chi connectivity index (χ0v) is 7.68. The fourth-order valence-electron chi connectivity index (χ4n) is 1.36. The number of hydrogen-bond acceptors (Lipinski definition) is 0. The van der Waals surface area contributed by atoms with Crippen molar-refractivity contribution in [3.05, 3.63) is 59.9 Å². The topological polar surface area (TPSA) is 0 Å². The second-order valence-corrected chi connectivity index (χ2v) is 3.11. The highest BCUT2D eigenvalue weighted by Crippen LogP contribution is 2.24. The third-order valence-corrected chi connectivity index (χ3v) is 2.09. The molecule has 0 nitrogen and oxygen atoms in total. The van der Waals surface area contributed by atoms with Crippen LogP contribution in [0.15, 0.2) is 42.5 Å². The molecule has 3 heteroatoms. The molecule has 0 atom stereocenters. The first kappa shape index (κ1) is 9.77. The average molecular weight is 208 g/mol. The van der Waals surface area contributed by atoms with Crippen LogP contribution < -0.4 is 0 Å². The Kier molecular flexibility index (Phi) is 2.46. The van der Waals surface area contributed by atoms with Gasteiger partial charge in [0, 0.05) is 11.6 Å². The Labute approximate surface area is 85.0 Å². The van der Waals surface area contributed by atoms with Gasteiger partial charge in [-0.05, 0) is 11.6 Å². The molecule has 0 aliphatic rings. The molecule has 0 aromatic heterocycles. The molecule has 0 N–H and O–H groups in total. The van der Waals surface area contributed by atoms with Crippen LogP contribution in [0, 0.1) is 17.5 Å². The molecule has 2 rings (SSSR count). The van der Waals surface area contributed by atoms with Gasteiger partial charge in [-0.2, -0.15) is 0 Å². The summed E-state index contributed by atoms with van der Waals surface area (Å²) < 4.78 is 38.9. The lowest BCUT2D eigenvalue weighted by molar-refractivity contribution is 0.496. The van der Waals surface area contributed by atoms with E-state index in [-0.39, 0.29) is 5.56 Å². The molecule has 15 heavy (non-hydrogen) atoms. The highest BCUT2D eigenvalue weighted by atomic mass is 19.2. The fourth-order valence-corrected chi connectivity index (χ4v) is 1.36. The zero-order valence-electron chi connectivity index (χ0n) is 7.68. The van der Waals surface area contributed by atoms with E-state index in [4.69, 9.17) is 0 Å². The summed E-state index contributed by atoms with van der Waals surface area (Å²) in [5, 5.41) is 0. The Bertz CT molecular complexity index is 478. The van der Waals surface area contributed by atoms with Crippen molar-refractivity contribution in [2.75, 3.05) is 0 Å². The van der Waals surface area contributed by atoms with E-state index in [1.165, 1.54) is 0 Å². The van der Waals surface area contributed by atoms with Crippen molar-refractivity contribution >= 4 is 0 Å². The first-order valence-corrected chi connectivity index (χ1v) is 4.38. The summed E-state index contributed by atoms with van der Waals surface area (Å²) in [5.74, 6) is -2.98. The van der Waals surface area contributed by atoms with Gasteiger partial charge in [-0.1, -0.05) is 30.3 Å². The molecular formula is C12H7F3. The Morgan fingerprint density at radius 3 is 1.93 bits per heavy atom. The van der Waals surface area contributed by atoms with E-state index < -0.39 is 17.5 Å². The maximum atomic E-state index is 13.3. The second-order valence-electron chi connectivity index (χ2n) is 3.11. The second kappa shape index (κ2) is 3.77. The minimum atomic E-state index is -1.17. The highest BCUT2D eigenvalue weighted by molar-refractivity contribution is 5.63. The average Bonchev–Trinajstić information content (AvgIpc) is 2.25. The summed E-state index contributed by atoms with van der Waals surface area (Å²) >= 11 is 0. The van der Waals surface area contributed by atoms with Crippen LogP contribution in [0.4, 0.5) is 13.2 Å². The maximum absolute atomic E-state index is 13.3. The molecule has 2 aromatic rings. The molecule has 0 saturated carbocycles. The molecule has 0 amide bonds. The van der Waals surface area contributed by atoms with Crippen molar-refractivity contribution in [2.45, 2.75) is 0 Å². The van der Waals surface area contributed by atoms with Gasteiger partial charge in [-0.25, -0.2) is 13.2 Å². The minimum absolute atomic E-state index is 0.0644. The predicted molar refractivity (Wildman–Crippen MR) is 51.8 cm³/mol. The molecule has 0 unspecified atom stereocenters. The van der Waals surface area contributed by atoms with Gasteiger partial charge in [0.2, 0.25) is 0 Å². The van der Waals surface area contributed by atoms with Gasteiger partial charge in [0.15, 0.2) is 11.6 Å². The number of halogens is 3. The first-order chi connectivity index (χ1) is 7.18. The third kappa shape index (κ3) is 1.86. The lowest BCUT2D eigenvalue weighted by Crippen LogP contribution is -1.90. The summed E-state index contributed by atoms with van der Waals surface area (Å²) in [6.07, 6.45) is 0. The molecule has 0 radical (unpaired) electrons. The molecule has 2 aromatic carbocycles. The smallest absolute Gasteiger partial charge is 0.161 e. The molecule has 0 bridgehead atoms. The normalized spacial score (nSPS) is 10.3. The fraction of sp³-hybridized carbons (Fsp3) is 0. The molecule has 0 heterocycles. The van der Waals surface area contributed by atoms with Gasteiger partial charge in [0.05, 0.1) is 0 Å². The van der Waals surface area contributed by atoms with Crippen LogP contribution in [-0.2, 0) is 0 Å². The number of hydrogen-bond donors (Lipinski definition) is 0. The predicted octanol–water partition coefficient (Wildman–Crippen LogP) is 3.77. The van der Waals surface area contributed by atoms with Crippen LogP contribution in [0.5, 0.6) is 0 Å². The molecule has 0 aliphatic heterocycles. The van der Waals surface area contributed by atoms with Crippen LogP contribution in [-0.4, -0.2) is 0 Å². The van der Waals surface area contributed by atoms with Crippen LogP contribution in [0.25, 0.3) is 11.1 Å². The minimum Gasteiger partial charge on any atom is -0.206 e. The number of rotatable bonds is 1. The molecule has 0 saturated heterocycles. The van der Waals surface area contributed by atoms with Crippen molar-refractivity contribution in [3.8, 4) is 11.1 Å². The quantitative estimate of drug-likeness (QED) is 0.626. The summed E-state index contributed by atoms with van der Waals surface area (Å²) in [4.78, 5) is 0. The molecule has 0 spiro atoms. The van der Waals surface area contributed by atoms with Crippen molar-refractivity contribution in [2.24, 2.45) is 0 Å². The SMILES string of the molecule is Fc1cc(F)c(-c2ccccc2)cc1F. The summed E-state index contributed by atoms with van der Waals surface area (Å²) in [5.41, 5.74) is 0.586. The van der Waals surface area contributed by atoms with Crippen molar-refractivity contribution in [1.82, 2.24) is 0 Å². The van der Waals surface area contributed by atoms with Gasteiger partial charge < -0.3 is 0 Å². The summed E-state index contributed by atoms with van der Waals surface area (Å²) in [7, 11) is 0. The lowest BCUT2D eigenvalue weighted by Gasteiger charge is -2.03. The molecule has 76 valence electrons. The zero-order chi connectivity index (χ0) is 10.8. The summed E-state index contributed by atoms with van der Waals surface area (Å²) in [6.45, 7) is 0. The van der Waals surface area contributed by atoms with E-state index in [0.717, 1.165) is 6.07 Å². The monoisotopic (exact) mass is 208 g/mol. The van der Waals surface area contributed by atoms with Gasteiger partial charge in [-0.15, -0.1) is 0 Å². The van der Waals surface area contributed by atoms with E-state index in [9.17, 15) is 13.2 Å². The molecule has 0 aliphatic carbocycles. The van der Waals surface area contributed by atoms with E-state index >= 15 is 0 Å². The van der Waals surface area contributed by atoms with Gasteiger partial charge in [-0.3, -0.25) is 0 Å². The van der Waals surface area contributed by atoms with Gasteiger partial charge in [0.25, 0.3) is 0 Å². The van der Waals surface area contributed by atoms with Crippen molar-refractivity contribution < 1.29 is 13.2 Å². The maximum Gasteiger partial charge on any atom is 0.161 e. The van der Waals surface area contributed by atoms with E-state index in [2.05, 4.69) is 0 Å². The largest absolute Gasteiger partial charge is 0.206 e. The Morgan fingerprint density at radius 2 is 1.27 bits per heavy atom. The number of benzene rings is 2. The van der Waals surface area contributed by atoms with E-state index in [1.807, 2.05) is 0 Å². The third-order valence-electron chi connectivity index (χ3n) is 2.09. The van der Waals surface area contributed by atoms with Crippen molar-refractivity contribution in [1.29, 1.82) is 0 Å². The Morgan fingerprint density at radius 1 is 0.667 bits per heavy atom.